The van der Waals surface area contributed by atoms with Crippen LogP contribution in [-0.4, -0.2) is 54.1 Å². The Bertz CT molecular complexity index is 1060. The van der Waals surface area contributed by atoms with Gasteiger partial charge < -0.3 is 18.9 Å². The van der Waals surface area contributed by atoms with Gasteiger partial charge in [-0.15, -0.1) is 0 Å². The molecule has 4 aliphatic carbocycles. The Morgan fingerprint density at radius 2 is 1.88 bits per heavy atom. The lowest BCUT2D eigenvalue weighted by molar-refractivity contribution is -0.175. The van der Waals surface area contributed by atoms with Gasteiger partial charge >= 0.3 is 23.9 Å². The van der Waals surface area contributed by atoms with Crippen LogP contribution in [0.4, 0.5) is 0 Å². The second-order valence-corrected chi connectivity index (χ2v) is 10.4. The first kappa shape index (κ1) is 20.0. The zero-order chi connectivity index (χ0) is 25.8. The van der Waals surface area contributed by atoms with E-state index in [1.54, 1.807) is 6.92 Å². The quantitative estimate of drug-likeness (QED) is 0.454. The maximum Gasteiger partial charge on any atom is 0.316 e. The van der Waals surface area contributed by atoms with Gasteiger partial charge in [-0.25, -0.2) is 0 Å². The lowest BCUT2D eigenvalue weighted by Crippen LogP contribution is -2.54. The number of methoxy groups -OCH3 is 1. The average Bonchev–Trinajstić information content (AvgIpc) is 3.19. The number of fused-ring (bicyclic) bond motifs is 1. The van der Waals surface area contributed by atoms with E-state index in [2.05, 4.69) is 0 Å². The van der Waals surface area contributed by atoms with Crippen molar-refractivity contribution in [3.8, 4) is 0 Å². The fourth-order valence-electron chi connectivity index (χ4n) is 8.29. The predicted octanol–water partition coefficient (Wildman–Crippen LogP) is 1.74. The van der Waals surface area contributed by atoms with Crippen LogP contribution in [0.25, 0.3) is 0 Å². The number of esters is 4. The van der Waals surface area contributed by atoms with Crippen LogP contribution in [0.3, 0.4) is 0 Å². The highest BCUT2D eigenvalue weighted by Gasteiger charge is 2.87. The Balaban J connectivity index is 1.75. The molecule has 9 nitrogen and oxygen atoms in total. The number of ketones is 1. The highest BCUT2D eigenvalue weighted by molar-refractivity contribution is 5.98. The van der Waals surface area contributed by atoms with Crippen LogP contribution >= 0.6 is 0 Å². The van der Waals surface area contributed by atoms with Crippen molar-refractivity contribution in [1.29, 1.82) is 0 Å². The summed E-state index contributed by atoms with van der Waals surface area (Å²) in [6.45, 7) is 3.40. The fraction of sp³-hybridized carbons (Fsp3) is 0.792. The zero-order valence-corrected chi connectivity index (χ0v) is 19.2. The smallest absolute Gasteiger partial charge is 0.316 e. The second kappa shape index (κ2) is 6.57. The standard InChI is InChI=1S/C24H30O9/c1-11-18(27)23-10-22(11,32-13(3)26)8-6-14(23)24-9-7-15(31-12(2)25)21(4,20(29)33-24)17(24)16(23)19(28)30-5/h11,14-17H,6-10H2,1-5H3/t11-,14+,15-,16+,17+,21+,22-,23+,24+/m0/s1/i1D,11D. The summed E-state index contributed by atoms with van der Waals surface area (Å²) in [6.07, 6.45) is 0.0179. The van der Waals surface area contributed by atoms with E-state index in [0.717, 1.165) is 0 Å². The molecule has 9 atom stereocenters. The summed E-state index contributed by atoms with van der Waals surface area (Å²) in [5.41, 5.74) is -5.68. The number of hydrogen-bond donors (Lipinski definition) is 0. The Morgan fingerprint density at radius 1 is 1.15 bits per heavy atom. The number of hydrogen-bond acceptors (Lipinski definition) is 9. The highest BCUT2D eigenvalue weighted by atomic mass is 16.6. The SMILES string of the molecule is [2H]C[C@@]1([2H])C(=O)[C@]23C[C@@]1(OC(C)=O)CC[C@H]2[C@@]12CC[C@H](OC(C)=O)[C@@](C)(C(=O)O1)[C@H]2[C@@H]3C(=O)OC. The van der Waals surface area contributed by atoms with Crippen molar-refractivity contribution in [3.63, 3.8) is 0 Å². The maximum absolute atomic E-state index is 14.3. The predicted molar refractivity (Wildman–Crippen MR) is 109 cm³/mol. The molecule has 4 saturated carbocycles. The molecule has 0 aromatic heterocycles. The molecule has 0 aromatic carbocycles. The van der Waals surface area contributed by atoms with E-state index < -0.39 is 88.3 Å². The van der Waals surface area contributed by atoms with Gasteiger partial charge in [0.2, 0.25) is 0 Å². The molecule has 5 aliphatic rings. The minimum atomic E-state index is -2.08. The van der Waals surface area contributed by atoms with Gasteiger partial charge in [0.25, 0.3) is 0 Å². The van der Waals surface area contributed by atoms with Crippen LogP contribution in [0.15, 0.2) is 0 Å². The van der Waals surface area contributed by atoms with Gasteiger partial charge in [0.05, 0.1) is 24.3 Å². The van der Waals surface area contributed by atoms with Crippen LogP contribution < -0.4 is 0 Å². The van der Waals surface area contributed by atoms with E-state index in [9.17, 15) is 24.0 Å². The van der Waals surface area contributed by atoms with E-state index in [1.165, 1.54) is 21.0 Å². The monoisotopic (exact) mass is 464 g/mol. The highest BCUT2D eigenvalue weighted by Crippen LogP contribution is 2.78. The Kier molecular flexibility index (Phi) is 3.98. The molecule has 9 heteroatoms. The average molecular weight is 465 g/mol. The zero-order valence-electron chi connectivity index (χ0n) is 21.2. The van der Waals surface area contributed by atoms with Crippen molar-refractivity contribution >= 4 is 29.7 Å². The van der Waals surface area contributed by atoms with E-state index in [4.69, 9.17) is 21.7 Å². The van der Waals surface area contributed by atoms with Gasteiger partial charge in [-0.1, -0.05) is 6.90 Å². The molecule has 0 N–H and O–H groups in total. The first-order valence-corrected chi connectivity index (χ1v) is 11.3. The van der Waals surface area contributed by atoms with Gasteiger partial charge in [-0.05, 0) is 32.6 Å². The first-order chi connectivity index (χ1) is 16.3. The second-order valence-electron chi connectivity index (χ2n) is 10.4. The van der Waals surface area contributed by atoms with Crippen LogP contribution in [0.5, 0.6) is 0 Å². The van der Waals surface area contributed by atoms with Crippen molar-refractivity contribution in [1.82, 2.24) is 0 Å². The number of ether oxygens (including phenoxy) is 4. The van der Waals surface area contributed by atoms with E-state index in [-0.39, 0.29) is 25.7 Å². The molecule has 0 aromatic rings. The van der Waals surface area contributed by atoms with Crippen molar-refractivity contribution in [2.24, 2.45) is 34.5 Å². The van der Waals surface area contributed by atoms with Gasteiger partial charge in [0.15, 0.2) is 0 Å². The van der Waals surface area contributed by atoms with Crippen molar-refractivity contribution in [2.75, 3.05) is 7.11 Å². The number of rotatable bonds is 3. The molecule has 1 aliphatic heterocycles. The minimum Gasteiger partial charge on any atom is -0.469 e. The third-order valence-corrected chi connectivity index (χ3v) is 9.23. The molecule has 0 unspecified atom stereocenters. The molecule has 1 saturated heterocycles. The number of carbonyl (C=O) groups is 5. The summed E-state index contributed by atoms with van der Waals surface area (Å²) in [5, 5.41) is 0. The molecule has 180 valence electrons. The topological polar surface area (TPSA) is 122 Å². The summed E-state index contributed by atoms with van der Waals surface area (Å²) in [4.78, 5) is 65.2. The molecular formula is C24H30O9. The largest absolute Gasteiger partial charge is 0.469 e. The molecule has 33 heavy (non-hydrogen) atoms. The minimum absolute atomic E-state index is 0.116. The number of Topliss-reactive ketones (excluding diaryl/α,β-unsaturated/α-hetero) is 1. The van der Waals surface area contributed by atoms with Gasteiger partial charge in [-0.3, -0.25) is 24.0 Å². The molecule has 0 amide bonds. The van der Waals surface area contributed by atoms with Gasteiger partial charge in [-0.2, -0.15) is 0 Å². The maximum atomic E-state index is 14.3. The van der Waals surface area contributed by atoms with Crippen LogP contribution in [0.1, 0.15) is 62.5 Å². The Hall–Kier alpha value is -2.45. The molecule has 0 radical (unpaired) electrons. The summed E-state index contributed by atoms with van der Waals surface area (Å²) >= 11 is 0. The molecule has 5 rings (SSSR count). The lowest BCUT2D eigenvalue weighted by Gasteiger charge is -2.46. The van der Waals surface area contributed by atoms with E-state index >= 15 is 0 Å². The normalized spacial score (nSPS) is 52.1. The first-order valence-electron chi connectivity index (χ1n) is 12.5. The molecule has 4 bridgehead atoms. The third-order valence-electron chi connectivity index (χ3n) is 9.23. The van der Waals surface area contributed by atoms with E-state index in [1.807, 2.05) is 0 Å². The lowest BCUT2D eigenvalue weighted by atomic mass is 9.58. The van der Waals surface area contributed by atoms with Crippen LogP contribution in [0.2, 0.25) is 0 Å². The molecule has 1 heterocycles. The Morgan fingerprint density at radius 3 is 2.48 bits per heavy atom. The molecule has 1 spiro atoms. The third kappa shape index (κ3) is 2.36. The van der Waals surface area contributed by atoms with Crippen molar-refractivity contribution in [2.45, 2.75) is 77.1 Å². The summed E-state index contributed by atoms with van der Waals surface area (Å²) in [7, 11) is 1.19. The molecule has 5 fully saturated rings. The van der Waals surface area contributed by atoms with Gasteiger partial charge in [0, 0.05) is 34.8 Å². The fourth-order valence-corrected chi connectivity index (χ4v) is 8.29. The van der Waals surface area contributed by atoms with Crippen molar-refractivity contribution in [3.05, 3.63) is 0 Å². The van der Waals surface area contributed by atoms with Crippen molar-refractivity contribution < 1.29 is 45.7 Å². The Labute approximate surface area is 194 Å². The molecular weight excluding hydrogens is 432 g/mol. The van der Waals surface area contributed by atoms with E-state index in [0.29, 0.717) is 6.42 Å². The van der Waals surface area contributed by atoms with Crippen LogP contribution in [-0.2, 0) is 42.9 Å². The summed E-state index contributed by atoms with van der Waals surface area (Å²) < 4.78 is 39.7. The summed E-state index contributed by atoms with van der Waals surface area (Å²) in [6, 6.07) is 0. The van der Waals surface area contributed by atoms with Crippen LogP contribution in [0, 0.1) is 34.5 Å². The number of carbonyl (C=O) groups excluding carboxylic acids is 5. The summed E-state index contributed by atoms with van der Waals surface area (Å²) in [5.74, 6) is -7.93. The van der Waals surface area contributed by atoms with Gasteiger partial charge in [0.1, 0.15) is 28.5 Å².